The molecule has 2 amide bonds. The molecule has 0 bridgehead atoms. The van der Waals surface area contributed by atoms with Crippen LogP contribution < -0.4 is 21.9 Å². The third-order valence-electron chi connectivity index (χ3n) is 4.58. The van der Waals surface area contributed by atoms with Crippen LogP contribution in [-0.2, 0) is 17.9 Å². The number of rotatable bonds is 8. The second kappa shape index (κ2) is 10.2. The minimum Gasteiger partial charge on any atom is -0.352 e. The third kappa shape index (κ3) is 5.79. The maximum absolute atomic E-state index is 12.7. The highest BCUT2D eigenvalue weighted by molar-refractivity contribution is 5.97. The van der Waals surface area contributed by atoms with E-state index in [1.54, 1.807) is 24.3 Å². The van der Waals surface area contributed by atoms with Gasteiger partial charge in [0.15, 0.2) is 0 Å². The Hall–Kier alpha value is -3.94. The lowest BCUT2D eigenvalue weighted by Gasteiger charge is -2.11. The van der Waals surface area contributed by atoms with Crippen LogP contribution in [0.5, 0.6) is 0 Å². The van der Waals surface area contributed by atoms with Crippen molar-refractivity contribution in [3.05, 3.63) is 98.8 Å². The Morgan fingerprint density at radius 1 is 0.968 bits per heavy atom. The monoisotopic (exact) mass is 420 g/mol. The molecule has 0 saturated carbocycles. The van der Waals surface area contributed by atoms with E-state index in [0.717, 1.165) is 16.6 Å². The number of hydrogen-bond acceptors (Lipinski definition) is 4. The van der Waals surface area contributed by atoms with Gasteiger partial charge in [-0.1, -0.05) is 43.3 Å². The molecule has 3 rings (SSSR count). The second-order valence-electron chi connectivity index (χ2n) is 7.02. The second-order valence-corrected chi connectivity index (χ2v) is 7.02. The fraction of sp³-hybridized carbons (Fsp3) is 0.217. The highest BCUT2D eigenvalue weighted by Crippen LogP contribution is 2.11. The molecule has 3 aromatic rings. The first-order valence-electron chi connectivity index (χ1n) is 10.00. The van der Waals surface area contributed by atoms with Gasteiger partial charge >= 0.3 is 5.69 Å². The van der Waals surface area contributed by atoms with Crippen molar-refractivity contribution in [2.75, 3.05) is 11.9 Å². The molecule has 0 spiro atoms. The maximum Gasteiger partial charge on any atom is 0.331 e. The summed E-state index contributed by atoms with van der Waals surface area (Å²) in [6, 6.07) is 17.1. The van der Waals surface area contributed by atoms with Crippen LogP contribution in [-0.4, -0.2) is 27.5 Å². The Bertz CT molecular complexity index is 1180. The van der Waals surface area contributed by atoms with E-state index in [2.05, 4.69) is 10.6 Å². The van der Waals surface area contributed by atoms with Crippen LogP contribution in [0.4, 0.5) is 5.69 Å². The van der Waals surface area contributed by atoms with Crippen LogP contribution in [0.2, 0.25) is 0 Å². The zero-order chi connectivity index (χ0) is 22.2. The molecule has 0 atom stereocenters. The number of anilines is 1. The van der Waals surface area contributed by atoms with Gasteiger partial charge in [-0.3, -0.25) is 23.5 Å². The highest BCUT2D eigenvalue weighted by Gasteiger charge is 2.12. The first kappa shape index (κ1) is 21.8. The summed E-state index contributed by atoms with van der Waals surface area (Å²) < 4.78 is 2.26. The minimum absolute atomic E-state index is 0.235. The van der Waals surface area contributed by atoms with Crippen molar-refractivity contribution in [3.63, 3.8) is 0 Å². The average Bonchev–Trinajstić information content (AvgIpc) is 2.78. The third-order valence-corrected chi connectivity index (χ3v) is 4.58. The Morgan fingerprint density at radius 3 is 2.48 bits per heavy atom. The number of benzene rings is 2. The van der Waals surface area contributed by atoms with E-state index in [0.29, 0.717) is 17.8 Å². The number of nitrogens with one attached hydrogen (secondary N) is 2. The molecule has 160 valence electrons. The minimum atomic E-state index is -0.570. The first-order chi connectivity index (χ1) is 15.0. The number of hydrogen-bond donors (Lipinski definition) is 2. The van der Waals surface area contributed by atoms with Crippen LogP contribution in [0.1, 0.15) is 29.3 Å². The number of amides is 2. The van der Waals surface area contributed by atoms with Crippen molar-refractivity contribution in [3.8, 4) is 0 Å². The fourth-order valence-corrected chi connectivity index (χ4v) is 3.03. The smallest absolute Gasteiger partial charge is 0.331 e. The van der Waals surface area contributed by atoms with E-state index < -0.39 is 23.7 Å². The van der Waals surface area contributed by atoms with E-state index in [1.165, 1.54) is 16.8 Å². The van der Waals surface area contributed by atoms with Crippen LogP contribution in [0.15, 0.2) is 76.4 Å². The quantitative estimate of drug-likeness (QED) is 0.580. The fourth-order valence-electron chi connectivity index (χ4n) is 3.03. The van der Waals surface area contributed by atoms with Crippen LogP contribution in [0, 0.1) is 0 Å². The van der Waals surface area contributed by atoms with Crippen molar-refractivity contribution in [2.24, 2.45) is 0 Å². The molecule has 0 saturated heterocycles. The Kier molecular flexibility index (Phi) is 7.16. The maximum atomic E-state index is 12.7. The predicted octanol–water partition coefficient (Wildman–Crippen LogP) is 1.84. The van der Waals surface area contributed by atoms with Crippen molar-refractivity contribution in [2.45, 2.75) is 26.4 Å². The van der Waals surface area contributed by atoms with Crippen molar-refractivity contribution in [1.82, 2.24) is 14.5 Å². The molecule has 8 nitrogen and oxygen atoms in total. The summed E-state index contributed by atoms with van der Waals surface area (Å²) >= 11 is 0. The van der Waals surface area contributed by atoms with Gasteiger partial charge in [0, 0.05) is 30.1 Å². The molecule has 0 unspecified atom stereocenters. The molecule has 2 N–H and O–H groups in total. The zero-order valence-electron chi connectivity index (χ0n) is 17.2. The molecular formula is C23H24N4O4. The molecule has 1 aromatic heterocycles. The normalized spacial score (nSPS) is 10.5. The summed E-state index contributed by atoms with van der Waals surface area (Å²) in [6.07, 6.45) is 2.24. The average molecular weight is 420 g/mol. The lowest BCUT2D eigenvalue weighted by molar-refractivity contribution is -0.116. The van der Waals surface area contributed by atoms with E-state index in [9.17, 15) is 19.2 Å². The molecule has 0 radical (unpaired) electrons. The molecule has 1 heterocycles. The largest absolute Gasteiger partial charge is 0.352 e. The lowest BCUT2D eigenvalue weighted by Crippen LogP contribution is -2.41. The van der Waals surface area contributed by atoms with Crippen molar-refractivity contribution >= 4 is 17.5 Å². The number of aromatic nitrogens is 2. The van der Waals surface area contributed by atoms with E-state index in [4.69, 9.17) is 0 Å². The molecule has 2 aromatic carbocycles. The van der Waals surface area contributed by atoms with Crippen molar-refractivity contribution in [1.29, 1.82) is 0 Å². The Morgan fingerprint density at radius 2 is 1.74 bits per heavy atom. The molecule has 8 heteroatoms. The van der Waals surface area contributed by atoms with Crippen LogP contribution in [0.3, 0.4) is 0 Å². The number of carbonyl (C=O) groups excluding carboxylic acids is 2. The van der Waals surface area contributed by atoms with Gasteiger partial charge < -0.3 is 10.6 Å². The zero-order valence-corrected chi connectivity index (χ0v) is 17.2. The summed E-state index contributed by atoms with van der Waals surface area (Å²) in [5.74, 6) is -0.774. The molecule has 31 heavy (non-hydrogen) atoms. The SMILES string of the molecule is CCCNC(=O)c1cccc(NC(=O)Cn2c(=O)ccn(Cc3ccccc3)c2=O)c1. The molecular weight excluding hydrogens is 396 g/mol. The van der Waals surface area contributed by atoms with Gasteiger partial charge in [-0.25, -0.2) is 4.79 Å². The lowest BCUT2D eigenvalue weighted by atomic mass is 10.2. The standard InChI is InChI=1S/C23H24N4O4/c1-2-12-24-22(30)18-9-6-10-19(14-18)25-20(28)16-27-21(29)11-13-26(23(27)31)15-17-7-4-3-5-8-17/h3-11,13-14H,2,12,15-16H2,1H3,(H,24,30)(H,25,28). The van der Waals surface area contributed by atoms with Crippen LogP contribution >= 0.6 is 0 Å². The topological polar surface area (TPSA) is 102 Å². The number of carbonyl (C=O) groups is 2. The molecule has 0 fully saturated rings. The summed E-state index contributed by atoms with van der Waals surface area (Å²) in [5, 5.41) is 5.41. The van der Waals surface area contributed by atoms with Crippen LogP contribution in [0.25, 0.3) is 0 Å². The van der Waals surface area contributed by atoms with E-state index in [1.807, 2.05) is 37.3 Å². The predicted molar refractivity (Wildman–Crippen MR) is 118 cm³/mol. The van der Waals surface area contributed by atoms with Gasteiger partial charge in [0.1, 0.15) is 6.54 Å². The Balaban J connectivity index is 1.74. The molecule has 0 aliphatic carbocycles. The van der Waals surface area contributed by atoms with Gasteiger partial charge in [-0.15, -0.1) is 0 Å². The summed E-state index contributed by atoms with van der Waals surface area (Å²) in [7, 11) is 0. The summed E-state index contributed by atoms with van der Waals surface area (Å²) in [4.78, 5) is 49.5. The van der Waals surface area contributed by atoms with Gasteiger partial charge in [0.25, 0.3) is 11.5 Å². The van der Waals surface area contributed by atoms with Gasteiger partial charge in [0.2, 0.25) is 5.91 Å². The number of nitrogens with zero attached hydrogens (tertiary/aromatic N) is 2. The van der Waals surface area contributed by atoms with E-state index >= 15 is 0 Å². The highest BCUT2D eigenvalue weighted by atomic mass is 16.2. The van der Waals surface area contributed by atoms with Gasteiger partial charge in [0.05, 0.1) is 6.54 Å². The summed E-state index contributed by atoms with van der Waals surface area (Å²) in [6.45, 7) is 2.37. The molecule has 0 aliphatic rings. The first-order valence-corrected chi connectivity index (χ1v) is 10.00. The van der Waals surface area contributed by atoms with Crippen molar-refractivity contribution < 1.29 is 9.59 Å². The summed E-state index contributed by atoms with van der Waals surface area (Å²) in [5.41, 5.74) is 0.588. The van der Waals surface area contributed by atoms with Gasteiger partial charge in [-0.2, -0.15) is 0 Å². The molecule has 0 aliphatic heterocycles. The van der Waals surface area contributed by atoms with Gasteiger partial charge in [-0.05, 0) is 30.2 Å². The van der Waals surface area contributed by atoms with E-state index in [-0.39, 0.29) is 12.5 Å². The Labute approximate surface area is 179 Å².